The minimum atomic E-state index is 0.928. The number of nitrogens with zero attached hydrogens (tertiary/aromatic N) is 1. The van der Waals surface area contributed by atoms with Crippen LogP contribution in [0.3, 0.4) is 0 Å². The molecule has 0 radical (unpaired) electrons. The maximum atomic E-state index is 2.58. The lowest BCUT2D eigenvalue weighted by Crippen LogP contribution is -2.39. The summed E-state index contributed by atoms with van der Waals surface area (Å²) in [6.45, 7) is 8.74. The molecule has 0 amide bonds. The molecule has 1 heterocycles. The van der Waals surface area contributed by atoms with Crippen molar-refractivity contribution in [2.75, 3.05) is 19.6 Å². The molecule has 1 atom stereocenters. The summed E-state index contributed by atoms with van der Waals surface area (Å²) in [4.78, 5) is 2.58. The van der Waals surface area contributed by atoms with Gasteiger partial charge in [-0.15, -0.1) is 0 Å². The largest absolute Gasteiger partial charge is 0.303 e. The van der Waals surface area contributed by atoms with Gasteiger partial charge >= 0.3 is 0 Å². The third-order valence-electron chi connectivity index (χ3n) is 2.82. The summed E-state index contributed by atoms with van der Waals surface area (Å²) < 4.78 is 0. The van der Waals surface area contributed by atoms with Gasteiger partial charge in [0.25, 0.3) is 0 Å². The van der Waals surface area contributed by atoms with E-state index < -0.39 is 0 Å². The first-order valence-corrected chi connectivity index (χ1v) is 5.55. The Morgan fingerprint density at radius 3 is 2.50 bits per heavy atom. The van der Waals surface area contributed by atoms with E-state index in [2.05, 4.69) is 18.7 Å². The minimum Gasteiger partial charge on any atom is -0.303 e. The highest BCUT2D eigenvalue weighted by Gasteiger charge is 2.15. The zero-order chi connectivity index (χ0) is 8.81. The molecule has 0 spiro atoms. The van der Waals surface area contributed by atoms with Gasteiger partial charge in [0.15, 0.2) is 0 Å². The van der Waals surface area contributed by atoms with E-state index in [0.29, 0.717) is 0 Å². The standard InChI is InChI=1S/C11H23N/c1-3-4-5-7-11(2)10-12-8-6-9-12/h11H,3-10H2,1-2H3/t11-/m0/s1. The second kappa shape index (κ2) is 5.58. The highest BCUT2D eigenvalue weighted by molar-refractivity contribution is 4.70. The van der Waals surface area contributed by atoms with Gasteiger partial charge in [-0.05, 0) is 31.8 Å². The first-order valence-electron chi connectivity index (χ1n) is 5.55. The lowest BCUT2D eigenvalue weighted by molar-refractivity contribution is 0.152. The molecule has 0 unspecified atom stereocenters. The second-order valence-corrected chi connectivity index (χ2v) is 4.26. The van der Waals surface area contributed by atoms with Gasteiger partial charge < -0.3 is 4.90 Å². The summed E-state index contributed by atoms with van der Waals surface area (Å²) in [5.74, 6) is 0.928. The number of unbranched alkanes of at least 4 members (excludes halogenated alkanes) is 2. The zero-order valence-electron chi connectivity index (χ0n) is 8.68. The molecule has 1 aliphatic heterocycles. The third-order valence-corrected chi connectivity index (χ3v) is 2.82. The molecule has 1 aliphatic rings. The Kier molecular flexibility index (Phi) is 4.67. The van der Waals surface area contributed by atoms with Crippen molar-refractivity contribution in [1.29, 1.82) is 0 Å². The molecule has 0 saturated carbocycles. The van der Waals surface area contributed by atoms with Gasteiger partial charge in [0.05, 0.1) is 0 Å². The molecule has 0 bridgehead atoms. The molecule has 0 aromatic rings. The Bertz CT molecular complexity index is 108. The predicted octanol–water partition coefficient (Wildman–Crippen LogP) is 2.91. The number of likely N-dealkylation sites (tertiary alicyclic amines) is 1. The van der Waals surface area contributed by atoms with E-state index in [9.17, 15) is 0 Å². The van der Waals surface area contributed by atoms with Crippen LogP contribution < -0.4 is 0 Å². The minimum absolute atomic E-state index is 0.928. The van der Waals surface area contributed by atoms with Crippen molar-refractivity contribution in [3.8, 4) is 0 Å². The van der Waals surface area contributed by atoms with Gasteiger partial charge in [0.2, 0.25) is 0 Å². The Balaban J connectivity index is 1.91. The van der Waals surface area contributed by atoms with Crippen LogP contribution in [0.2, 0.25) is 0 Å². The van der Waals surface area contributed by atoms with Crippen LogP contribution in [-0.4, -0.2) is 24.5 Å². The van der Waals surface area contributed by atoms with Crippen LogP contribution in [0.4, 0.5) is 0 Å². The van der Waals surface area contributed by atoms with Crippen LogP contribution in [-0.2, 0) is 0 Å². The SMILES string of the molecule is CCCCC[C@H](C)CN1CCC1. The molecular weight excluding hydrogens is 146 g/mol. The van der Waals surface area contributed by atoms with E-state index in [0.717, 1.165) is 5.92 Å². The van der Waals surface area contributed by atoms with E-state index in [1.165, 1.54) is 51.7 Å². The first kappa shape index (κ1) is 10.0. The predicted molar refractivity (Wildman–Crippen MR) is 54.4 cm³/mol. The van der Waals surface area contributed by atoms with Gasteiger partial charge in [0, 0.05) is 6.54 Å². The summed E-state index contributed by atoms with van der Waals surface area (Å²) in [6.07, 6.45) is 7.08. The Morgan fingerprint density at radius 2 is 2.00 bits per heavy atom. The van der Waals surface area contributed by atoms with Gasteiger partial charge in [-0.3, -0.25) is 0 Å². The van der Waals surface area contributed by atoms with Gasteiger partial charge in [0.1, 0.15) is 0 Å². The molecule has 12 heavy (non-hydrogen) atoms. The smallest absolute Gasteiger partial charge is 0.000704 e. The molecule has 0 aromatic carbocycles. The highest BCUT2D eigenvalue weighted by atomic mass is 15.2. The van der Waals surface area contributed by atoms with Crippen molar-refractivity contribution >= 4 is 0 Å². The molecule has 0 aromatic heterocycles. The third kappa shape index (κ3) is 3.57. The van der Waals surface area contributed by atoms with Crippen molar-refractivity contribution in [2.24, 2.45) is 5.92 Å². The van der Waals surface area contributed by atoms with Crippen LogP contribution in [0.25, 0.3) is 0 Å². The topological polar surface area (TPSA) is 3.24 Å². The summed E-state index contributed by atoms with van der Waals surface area (Å²) in [5, 5.41) is 0. The number of rotatable bonds is 6. The average molecular weight is 169 g/mol. The fourth-order valence-electron chi connectivity index (χ4n) is 1.84. The van der Waals surface area contributed by atoms with Crippen LogP contribution >= 0.6 is 0 Å². The van der Waals surface area contributed by atoms with Crippen molar-refractivity contribution in [3.05, 3.63) is 0 Å². The molecule has 0 aliphatic carbocycles. The van der Waals surface area contributed by atoms with Crippen molar-refractivity contribution in [2.45, 2.75) is 46.0 Å². The Hall–Kier alpha value is -0.0400. The zero-order valence-corrected chi connectivity index (χ0v) is 8.68. The average Bonchev–Trinajstić information content (AvgIpc) is 1.98. The monoisotopic (exact) mass is 169 g/mol. The Labute approximate surface area is 77.1 Å². The Morgan fingerprint density at radius 1 is 1.25 bits per heavy atom. The highest BCUT2D eigenvalue weighted by Crippen LogP contribution is 2.14. The lowest BCUT2D eigenvalue weighted by atomic mass is 10.0. The van der Waals surface area contributed by atoms with E-state index in [1.807, 2.05) is 0 Å². The first-order chi connectivity index (χ1) is 5.83. The lowest BCUT2D eigenvalue weighted by Gasteiger charge is -2.33. The maximum absolute atomic E-state index is 2.58. The van der Waals surface area contributed by atoms with E-state index in [1.54, 1.807) is 0 Å². The van der Waals surface area contributed by atoms with E-state index >= 15 is 0 Å². The summed E-state index contributed by atoms with van der Waals surface area (Å²) in [5.41, 5.74) is 0. The van der Waals surface area contributed by atoms with E-state index in [-0.39, 0.29) is 0 Å². The number of hydrogen-bond acceptors (Lipinski definition) is 1. The van der Waals surface area contributed by atoms with Crippen LogP contribution in [0.5, 0.6) is 0 Å². The van der Waals surface area contributed by atoms with Crippen LogP contribution in [0, 0.1) is 5.92 Å². The summed E-state index contributed by atoms with van der Waals surface area (Å²) >= 11 is 0. The molecule has 0 N–H and O–H groups in total. The van der Waals surface area contributed by atoms with Crippen molar-refractivity contribution < 1.29 is 0 Å². The normalized spacial score (nSPS) is 20.5. The van der Waals surface area contributed by atoms with Crippen molar-refractivity contribution in [3.63, 3.8) is 0 Å². The molecule has 1 nitrogen and oxygen atoms in total. The molecule has 1 heteroatoms. The molecule has 1 fully saturated rings. The quantitative estimate of drug-likeness (QED) is 0.553. The van der Waals surface area contributed by atoms with Crippen molar-refractivity contribution in [1.82, 2.24) is 4.90 Å². The fraction of sp³-hybridized carbons (Fsp3) is 1.00. The molecule has 72 valence electrons. The molecule has 1 saturated heterocycles. The van der Waals surface area contributed by atoms with Crippen LogP contribution in [0.15, 0.2) is 0 Å². The fourth-order valence-corrected chi connectivity index (χ4v) is 1.84. The van der Waals surface area contributed by atoms with Gasteiger partial charge in [-0.1, -0.05) is 33.1 Å². The van der Waals surface area contributed by atoms with E-state index in [4.69, 9.17) is 0 Å². The summed E-state index contributed by atoms with van der Waals surface area (Å²) in [6, 6.07) is 0. The van der Waals surface area contributed by atoms with Gasteiger partial charge in [-0.2, -0.15) is 0 Å². The second-order valence-electron chi connectivity index (χ2n) is 4.26. The maximum Gasteiger partial charge on any atom is 0.000704 e. The molecular formula is C11H23N. The van der Waals surface area contributed by atoms with Gasteiger partial charge in [-0.25, -0.2) is 0 Å². The number of hydrogen-bond donors (Lipinski definition) is 0. The molecule has 1 rings (SSSR count). The van der Waals surface area contributed by atoms with Crippen LogP contribution in [0.1, 0.15) is 46.0 Å². The summed E-state index contributed by atoms with van der Waals surface area (Å²) in [7, 11) is 0.